The molecule has 0 saturated heterocycles. The number of hydrogen-bond acceptors (Lipinski definition) is 0. The summed E-state index contributed by atoms with van der Waals surface area (Å²) < 4.78 is 0. The third-order valence-corrected chi connectivity index (χ3v) is 5.28. The highest BCUT2D eigenvalue weighted by Crippen LogP contribution is 2.78. The number of fused-ring (bicyclic) bond motifs is 1. The predicted molar refractivity (Wildman–Crippen MR) is 52.9 cm³/mol. The molecule has 5 unspecified atom stereocenters. The van der Waals surface area contributed by atoms with Crippen LogP contribution in [0.3, 0.4) is 0 Å². The fourth-order valence-corrected chi connectivity index (χ4v) is 3.97. The molecule has 0 bridgehead atoms. The minimum atomic E-state index is 0.498. The maximum absolute atomic E-state index is 2.50. The van der Waals surface area contributed by atoms with E-state index in [0.717, 1.165) is 23.7 Å². The Morgan fingerprint density at radius 1 is 1.08 bits per heavy atom. The van der Waals surface area contributed by atoms with Gasteiger partial charge in [0, 0.05) is 0 Å². The van der Waals surface area contributed by atoms with Crippen molar-refractivity contribution in [3.63, 3.8) is 0 Å². The lowest BCUT2D eigenvalue weighted by Gasteiger charge is -2.54. The Hall–Kier alpha value is 0. The van der Waals surface area contributed by atoms with Gasteiger partial charge in [-0.3, -0.25) is 0 Å². The molecule has 70 valence electrons. The molecule has 0 heteroatoms. The van der Waals surface area contributed by atoms with E-state index in [0.29, 0.717) is 10.8 Å². The molecule has 2 aliphatic rings. The van der Waals surface area contributed by atoms with Crippen molar-refractivity contribution >= 4 is 0 Å². The van der Waals surface area contributed by atoms with Gasteiger partial charge in [-0.15, -0.1) is 0 Å². The first kappa shape index (κ1) is 8.59. The summed E-state index contributed by atoms with van der Waals surface area (Å²) in [6.07, 6.45) is 0. The lowest BCUT2D eigenvalue weighted by Crippen LogP contribution is -2.48. The molecule has 0 radical (unpaired) electrons. The summed E-state index contributed by atoms with van der Waals surface area (Å²) in [7, 11) is 0. The van der Waals surface area contributed by atoms with E-state index in [1.165, 1.54) is 0 Å². The first-order valence-electron chi connectivity index (χ1n) is 5.32. The first-order chi connectivity index (χ1) is 5.32. The monoisotopic (exact) mass is 166 g/mol. The van der Waals surface area contributed by atoms with E-state index in [9.17, 15) is 0 Å². The largest absolute Gasteiger partial charge is 0.0619 e. The van der Waals surface area contributed by atoms with Crippen LogP contribution in [-0.4, -0.2) is 0 Å². The maximum atomic E-state index is 2.50. The Balaban J connectivity index is 2.24. The molecule has 5 atom stereocenters. The van der Waals surface area contributed by atoms with Crippen LogP contribution in [0.15, 0.2) is 0 Å². The minimum Gasteiger partial charge on any atom is -0.0619 e. The second kappa shape index (κ2) is 1.91. The molecule has 0 heterocycles. The molecule has 0 nitrogen and oxygen atoms in total. The van der Waals surface area contributed by atoms with Crippen LogP contribution in [0.25, 0.3) is 0 Å². The smallest absolute Gasteiger partial charge is 0.0215 e. The van der Waals surface area contributed by atoms with Crippen LogP contribution in [0.1, 0.15) is 41.5 Å². The van der Waals surface area contributed by atoms with Gasteiger partial charge < -0.3 is 0 Å². The summed E-state index contributed by atoms with van der Waals surface area (Å²) in [6.45, 7) is 14.6. The van der Waals surface area contributed by atoms with E-state index in [2.05, 4.69) is 41.5 Å². The fraction of sp³-hybridized carbons (Fsp3) is 1.00. The van der Waals surface area contributed by atoms with E-state index in [1.54, 1.807) is 0 Å². The second-order valence-corrected chi connectivity index (χ2v) is 6.28. The third kappa shape index (κ3) is 0.661. The van der Waals surface area contributed by atoms with Gasteiger partial charge in [-0.25, -0.2) is 0 Å². The van der Waals surface area contributed by atoms with Gasteiger partial charge in [-0.05, 0) is 34.5 Å². The van der Waals surface area contributed by atoms with Crippen LogP contribution in [0.2, 0.25) is 0 Å². The highest BCUT2D eigenvalue weighted by atomic mass is 14.8. The van der Waals surface area contributed by atoms with Crippen LogP contribution in [0, 0.1) is 34.5 Å². The lowest BCUT2D eigenvalue weighted by atomic mass is 9.51. The van der Waals surface area contributed by atoms with Crippen molar-refractivity contribution in [3.05, 3.63) is 0 Å². The zero-order valence-corrected chi connectivity index (χ0v) is 9.31. The van der Waals surface area contributed by atoms with Gasteiger partial charge >= 0.3 is 0 Å². The highest BCUT2D eigenvalue weighted by molar-refractivity contribution is 5.21. The molecule has 0 amide bonds. The Morgan fingerprint density at radius 2 is 1.58 bits per heavy atom. The predicted octanol–water partition coefficient (Wildman–Crippen LogP) is 3.57. The molecule has 2 aliphatic carbocycles. The topological polar surface area (TPSA) is 0 Å². The van der Waals surface area contributed by atoms with Crippen LogP contribution in [0.4, 0.5) is 0 Å². The van der Waals surface area contributed by atoms with Crippen molar-refractivity contribution in [2.45, 2.75) is 41.5 Å². The Kier molecular flexibility index (Phi) is 1.37. The van der Waals surface area contributed by atoms with Gasteiger partial charge in [0.25, 0.3) is 0 Å². The molecule has 0 aromatic heterocycles. The Morgan fingerprint density at radius 3 is 1.75 bits per heavy atom. The summed E-state index contributed by atoms with van der Waals surface area (Å²) in [5, 5.41) is 0. The molecule has 0 N–H and O–H groups in total. The average molecular weight is 166 g/mol. The molecule has 0 spiro atoms. The summed E-state index contributed by atoms with van der Waals surface area (Å²) >= 11 is 0. The fourth-order valence-electron chi connectivity index (χ4n) is 3.97. The second-order valence-electron chi connectivity index (χ2n) is 6.28. The van der Waals surface area contributed by atoms with Gasteiger partial charge in [0.1, 0.15) is 0 Å². The van der Waals surface area contributed by atoms with Crippen LogP contribution in [0.5, 0.6) is 0 Å². The molecular weight excluding hydrogens is 144 g/mol. The van der Waals surface area contributed by atoms with Gasteiger partial charge in [0.05, 0.1) is 0 Å². The Bertz CT molecular complexity index is 203. The summed E-state index contributed by atoms with van der Waals surface area (Å²) in [5.41, 5.74) is 1.12. The molecule has 0 aromatic rings. The number of hydrogen-bond donors (Lipinski definition) is 0. The average Bonchev–Trinajstić information content (AvgIpc) is 2.54. The molecule has 12 heavy (non-hydrogen) atoms. The molecule has 2 rings (SSSR count). The molecule has 2 fully saturated rings. The first-order valence-corrected chi connectivity index (χ1v) is 5.32. The van der Waals surface area contributed by atoms with Crippen molar-refractivity contribution in [2.24, 2.45) is 34.5 Å². The van der Waals surface area contributed by atoms with E-state index < -0.39 is 0 Å². The van der Waals surface area contributed by atoms with Crippen molar-refractivity contribution in [3.8, 4) is 0 Å². The van der Waals surface area contributed by atoms with Gasteiger partial charge in [0.2, 0.25) is 0 Å². The molecule has 2 saturated carbocycles. The zero-order valence-electron chi connectivity index (χ0n) is 9.31. The van der Waals surface area contributed by atoms with Crippen LogP contribution in [-0.2, 0) is 0 Å². The third-order valence-electron chi connectivity index (χ3n) is 5.28. The van der Waals surface area contributed by atoms with Crippen LogP contribution >= 0.6 is 0 Å². The minimum absolute atomic E-state index is 0.498. The maximum Gasteiger partial charge on any atom is -0.0215 e. The van der Waals surface area contributed by atoms with E-state index in [-0.39, 0.29) is 0 Å². The van der Waals surface area contributed by atoms with Crippen molar-refractivity contribution < 1.29 is 0 Å². The van der Waals surface area contributed by atoms with Gasteiger partial charge in [-0.1, -0.05) is 41.5 Å². The van der Waals surface area contributed by atoms with Crippen molar-refractivity contribution in [1.82, 2.24) is 0 Å². The SMILES string of the molecule is CC1C2C(C)C(C)(C(C)(C)C)C12. The van der Waals surface area contributed by atoms with Gasteiger partial charge in [-0.2, -0.15) is 0 Å². The van der Waals surface area contributed by atoms with Crippen molar-refractivity contribution in [1.29, 1.82) is 0 Å². The molecular formula is C12H22. The highest BCUT2D eigenvalue weighted by Gasteiger charge is 2.74. The lowest BCUT2D eigenvalue weighted by molar-refractivity contribution is -0.0614. The summed E-state index contributed by atoms with van der Waals surface area (Å²) in [5.74, 6) is 4.10. The van der Waals surface area contributed by atoms with E-state index in [4.69, 9.17) is 0 Å². The van der Waals surface area contributed by atoms with Crippen molar-refractivity contribution in [2.75, 3.05) is 0 Å². The zero-order chi connectivity index (χ0) is 9.31. The standard InChI is InChI=1S/C12H22/c1-7-9-8(2)12(6,10(7)9)11(3,4)5/h7-10H,1-6H3. The summed E-state index contributed by atoms with van der Waals surface area (Å²) in [6, 6.07) is 0. The Labute approximate surface area is 76.7 Å². The quantitative estimate of drug-likeness (QED) is 0.516. The molecule has 0 aromatic carbocycles. The number of rotatable bonds is 0. The summed E-state index contributed by atoms with van der Waals surface area (Å²) in [4.78, 5) is 0. The normalized spacial score (nSPS) is 57.5. The van der Waals surface area contributed by atoms with Crippen LogP contribution < -0.4 is 0 Å². The van der Waals surface area contributed by atoms with E-state index >= 15 is 0 Å². The molecule has 0 aliphatic heterocycles. The van der Waals surface area contributed by atoms with Gasteiger partial charge in [0.15, 0.2) is 0 Å². The van der Waals surface area contributed by atoms with E-state index in [1.807, 2.05) is 0 Å².